The molecule has 24 heavy (non-hydrogen) atoms. The summed E-state index contributed by atoms with van der Waals surface area (Å²) >= 11 is 1.71. The van der Waals surface area contributed by atoms with Gasteiger partial charge in [0, 0.05) is 36.2 Å². The van der Waals surface area contributed by atoms with Crippen molar-refractivity contribution in [1.82, 2.24) is 15.5 Å². The van der Waals surface area contributed by atoms with Crippen LogP contribution in [0.25, 0.3) is 0 Å². The molecule has 0 spiro atoms. The van der Waals surface area contributed by atoms with Gasteiger partial charge in [0.05, 0.1) is 10.7 Å². The molecule has 0 aromatic carbocycles. The van der Waals surface area contributed by atoms with Gasteiger partial charge < -0.3 is 9.84 Å². The molecule has 4 rings (SSSR count). The van der Waals surface area contributed by atoms with Crippen molar-refractivity contribution in [3.05, 3.63) is 33.6 Å². The van der Waals surface area contributed by atoms with Crippen LogP contribution in [0, 0.1) is 0 Å². The van der Waals surface area contributed by atoms with Gasteiger partial charge in [-0.25, -0.2) is 4.98 Å². The number of rotatable bonds is 6. The molecule has 1 N–H and O–H groups in total. The Labute approximate surface area is 145 Å². The molecule has 2 heterocycles. The van der Waals surface area contributed by atoms with E-state index in [-0.39, 0.29) is 5.91 Å². The number of nitrogens with one attached hydrogen (secondary N) is 1. The van der Waals surface area contributed by atoms with Crippen LogP contribution in [0.15, 0.2) is 16.0 Å². The summed E-state index contributed by atoms with van der Waals surface area (Å²) in [6.07, 6.45) is 9.63. The van der Waals surface area contributed by atoms with Crippen LogP contribution in [0.1, 0.15) is 83.7 Å². The Balaban J connectivity index is 1.25. The number of hydrogen-bond donors (Lipinski definition) is 1. The zero-order chi connectivity index (χ0) is 16.4. The summed E-state index contributed by atoms with van der Waals surface area (Å²) in [5.74, 6) is 1.81. The molecule has 0 aliphatic heterocycles. The minimum Gasteiger partial charge on any atom is -0.360 e. The van der Waals surface area contributed by atoms with E-state index in [9.17, 15) is 4.79 Å². The maximum Gasteiger partial charge on any atom is 0.273 e. The fourth-order valence-corrected chi connectivity index (χ4v) is 4.24. The minimum absolute atomic E-state index is 0.158. The first-order valence-electron chi connectivity index (χ1n) is 8.98. The highest BCUT2D eigenvalue weighted by Gasteiger charge is 2.28. The zero-order valence-electron chi connectivity index (χ0n) is 13.8. The molecular weight excluding hydrogens is 322 g/mol. The maximum absolute atomic E-state index is 12.1. The van der Waals surface area contributed by atoms with Crippen molar-refractivity contribution in [3.63, 3.8) is 0 Å². The van der Waals surface area contributed by atoms with E-state index in [4.69, 9.17) is 9.51 Å². The summed E-state index contributed by atoms with van der Waals surface area (Å²) in [5, 5.41) is 10.1. The van der Waals surface area contributed by atoms with Crippen LogP contribution >= 0.6 is 11.3 Å². The van der Waals surface area contributed by atoms with Gasteiger partial charge in [-0.1, -0.05) is 24.4 Å². The Kier molecular flexibility index (Phi) is 4.65. The third kappa shape index (κ3) is 3.69. The van der Waals surface area contributed by atoms with E-state index in [1.807, 2.05) is 0 Å². The van der Waals surface area contributed by atoms with Gasteiger partial charge in [-0.2, -0.15) is 0 Å². The molecular formula is C18H23N3O2S. The maximum atomic E-state index is 12.1. The minimum atomic E-state index is -0.158. The van der Waals surface area contributed by atoms with Crippen molar-refractivity contribution in [1.29, 1.82) is 0 Å². The molecule has 2 aliphatic carbocycles. The Hall–Kier alpha value is -1.69. The highest BCUT2D eigenvalue weighted by molar-refractivity contribution is 7.09. The number of hydrogen-bond acceptors (Lipinski definition) is 5. The first kappa shape index (κ1) is 15.8. The largest absolute Gasteiger partial charge is 0.360 e. The summed E-state index contributed by atoms with van der Waals surface area (Å²) in [7, 11) is 0. The number of nitrogens with zero attached hydrogens (tertiary/aromatic N) is 2. The van der Waals surface area contributed by atoms with Crippen LogP contribution in [0.4, 0.5) is 0 Å². The lowest BCUT2D eigenvalue weighted by Crippen LogP contribution is -2.25. The van der Waals surface area contributed by atoms with Crippen molar-refractivity contribution in [2.75, 3.05) is 6.54 Å². The highest BCUT2D eigenvalue weighted by atomic mass is 32.1. The van der Waals surface area contributed by atoms with Gasteiger partial charge in [-0.3, -0.25) is 4.79 Å². The molecule has 5 nitrogen and oxygen atoms in total. The van der Waals surface area contributed by atoms with E-state index in [2.05, 4.69) is 15.9 Å². The quantitative estimate of drug-likeness (QED) is 0.858. The summed E-state index contributed by atoms with van der Waals surface area (Å²) in [4.78, 5) is 16.9. The SMILES string of the molecule is O=C(NCCc1nc(C2CCCCC2)cs1)c1cc(C2CC2)on1. The predicted molar refractivity (Wildman–Crippen MR) is 92.5 cm³/mol. The molecule has 2 aromatic heterocycles. The molecule has 6 heteroatoms. The van der Waals surface area contributed by atoms with E-state index < -0.39 is 0 Å². The van der Waals surface area contributed by atoms with Crippen molar-refractivity contribution in [3.8, 4) is 0 Å². The fraction of sp³-hybridized carbons (Fsp3) is 0.611. The van der Waals surface area contributed by atoms with Crippen LogP contribution in [-0.4, -0.2) is 22.6 Å². The molecule has 128 valence electrons. The van der Waals surface area contributed by atoms with Gasteiger partial charge in [0.15, 0.2) is 5.69 Å². The molecule has 2 fully saturated rings. The van der Waals surface area contributed by atoms with E-state index in [0.29, 0.717) is 24.1 Å². The van der Waals surface area contributed by atoms with Crippen LogP contribution in [-0.2, 0) is 6.42 Å². The van der Waals surface area contributed by atoms with Crippen LogP contribution in [0.3, 0.4) is 0 Å². The number of carbonyl (C=O) groups excluding carboxylic acids is 1. The Bertz CT molecular complexity index is 699. The molecule has 2 saturated carbocycles. The molecule has 0 radical (unpaired) electrons. The van der Waals surface area contributed by atoms with E-state index in [1.165, 1.54) is 37.8 Å². The molecule has 0 atom stereocenters. The molecule has 2 aliphatic rings. The fourth-order valence-electron chi connectivity index (χ4n) is 3.36. The predicted octanol–water partition coefficient (Wildman–Crippen LogP) is 4.03. The smallest absolute Gasteiger partial charge is 0.273 e. The second kappa shape index (κ2) is 7.05. The highest BCUT2D eigenvalue weighted by Crippen LogP contribution is 2.40. The van der Waals surface area contributed by atoms with Gasteiger partial charge in [0.2, 0.25) is 0 Å². The third-order valence-electron chi connectivity index (χ3n) is 4.96. The van der Waals surface area contributed by atoms with E-state index >= 15 is 0 Å². The van der Waals surface area contributed by atoms with Crippen molar-refractivity contribution >= 4 is 17.2 Å². The van der Waals surface area contributed by atoms with Gasteiger partial charge in [-0.05, 0) is 25.7 Å². The Morgan fingerprint density at radius 2 is 2.04 bits per heavy atom. The second-order valence-corrected chi connectivity index (χ2v) is 7.84. The molecule has 2 aromatic rings. The summed E-state index contributed by atoms with van der Waals surface area (Å²) in [6.45, 7) is 0.585. The lowest BCUT2D eigenvalue weighted by Gasteiger charge is -2.19. The van der Waals surface area contributed by atoms with Crippen molar-refractivity contribution < 1.29 is 9.32 Å². The lowest BCUT2D eigenvalue weighted by molar-refractivity contribution is 0.0945. The number of aromatic nitrogens is 2. The average molecular weight is 345 g/mol. The standard InChI is InChI=1S/C18H23N3O2S/c22-18(14-10-16(23-21-14)13-6-7-13)19-9-8-17-20-15(11-24-17)12-4-2-1-3-5-12/h10-13H,1-9H2,(H,19,22). The number of carbonyl (C=O) groups is 1. The molecule has 1 amide bonds. The molecule has 0 bridgehead atoms. The number of thiazole rings is 1. The summed E-state index contributed by atoms with van der Waals surface area (Å²) < 4.78 is 5.22. The summed E-state index contributed by atoms with van der Waals surface area (Å²) in [5.41, 5.74) is 1.64. The van der Waals surface area contributed by atoms with Crippen molar-refractivity contribution in [2.24, 2.45) is 0 Å². The summed E-state index contributed by atoms with van der Waals surface area (Å²) in [6, 6.07) is 1.78. The molecule has 0 saturated heterocycles. The zero-order valence-corrected chi connectivity index (χ0v) is 14.6. The Morgan fingerprint density at radius 1 is 1.21 bits per heavy atom. The van der Waals surface area contributed by atoms with Crippen LogP contribution in [0.2, 0.25) is 0 Å². The average Bonchev–Trinajstić information content (AvgIpc) is 3.16. The Morgan fingerprint density at radius 3 is 2.83 bits per heavy atom. The van der Waals surface area contributed by atoms with E-state index in [1.54, 1.807) is 17.4 Å². The second-order valence-electron chi connectivity index (χ2n) is 6.90. The van der Waals surface area contributed by atoms with E-state index in [0.717, 1.165) is 30.0 Å². The molecule has 0 unspecified atom stereocenters. The van der Waals surface area contributed by atoms with Crippen LogP contribution in [0.5, 0.6) is 0 Å². The van der Waals surface area contributed by atoms with Gasteiger partial charge in [0.25, 0.3) is 5.91 Å². The monoisotopic (exact) mass is 345 g/mol. The van der Waals surface area contributed by atoms with Crippen LogP contribution < -0.4 is 5.32 Å². The normalized spacial score (nSPS) is 18.7. The topological polar surface area (TPSA) is 68.0 Å². The van der Waals surface area contributed by atoms with Gasteiger partial charge in [-0.15, -0.1) is 11.3 Å². The third-order valence-corrected chi connectivity index (χ3v) is 5.88. The van der Waals surface area contributed by atoms with Gasteiger partial charge >= 0.3 is 0 Å². The van der Waals surface area contributed by atoms with Crippen molar-refractivity contribution in [2.45, 2.75) is 63.2 Å². The first-order valence-corrected chi connectivity index (χ1v) is 9.86. The lowest BCUT2D eigenvalue weighted by atomic mass is 9.87. The first-order chi connectivity index (χ1) is 11.8. The number of amides is 1. The van der Waals surface area contributed by atoms with Gasteiger partial charge in [0.1, 0.15) is 5.76 Å².